The largest absolute Gasteiger partial charge is 0.497 e. The summed E-state index contributed by atoms with van der Waals surface area (Å²) < 4.78 is 6.91. The van der Waals surface area contributed by atoms with Crippen molar-refractivity contribution in [3.05, 3.63) is 41.7 Å². The minimum absolute atomic E-state index is 0.166. The molecule has 0 amide bonds. The Balaban J connectivity index is 2.51. The fourth-order valence-corrected chi connectivity index (χ4v) is 1.94. The second kappa shape index (κ2) is 4.88. The van der Waals surface area contributed by atoms with E-state index in [0.717, 1.165) is 23.4 Å². The molecule has 19 heavy (non-hydrogen) atoms. The number of hydrogen-bond acceptors (Lipinski definition) is 3. The van der Waals surface area contributed by atoms with Crippen molar-refractivity contribution in [2.24, 2.45) is 0 Å². The molecule has 0 saturated heterocycles. The molecule has 0 unspecified atom stereocenters. The predicted molar refractivity (Wildman–Crippen MR) is 74.2 cm³/mol. The predicted octanol–water partition coefficient (Wildman–Crippen LogP) is 2.99. The van der Waals surface area contributed by atoms with Crippen LogP contribution in [0.4, 0.5) is 0 Å². The minimum Gasteiger partial charge on any atom is -0.497 e. The highest BCUT2D eigenvalue weighted by atomic mass is 16.5. The van der Waals surface area contributed by atoms with Crippen LogP contribution in [0.3, 0.4) is 0 Å². The Hall–Kier alpha value is -2.10. The number of carbonyl (C=O) groups excluding carboxylic acids is 1. The SMILES string of the molecule is COc1cccc(-n2cc(C=O)c(C(C)(C)C)n2)c1. The van der Waals surface area contributed by atoms with Crippen molar-refractivity contribution >= 4 is 6.29 Å². The number of rotatable bonds is 3. The molecule has 0 N–H and O–H groups in total. The summed E-state index contributed by atoms with van der Waals surface area (Å²) in [5, 5.41) is 4.53. The van der Waals surface area contributed by atoms with Crippen LogP contribution < -0.4 is 4.74 Å². The van der Waals surface area contributed by atoms with Gasteiger partial charge in [-0.1, -0.05) is 26.8 Å². The van der Waals surface area contributed by atoms with Crippen LogP contribution in [0.1, 0.15) is 36.8 Å². The van der Waals surface area contributed by atoms with Crippen molar-refractivity contribution in [1.29, 1.82) is 0 Å². The summed E-state index contributed by atoms with van der Waals surface area (Å²) in [6, 6.07) is 7.58. The molecule has 4 nitrogen and oxygen atoms in total. The van der Waals surface area contributed by atoms with E-state index in [-0.39, 0.29) is 5.41 Å². The lowest BCUT2D eigenvalue weighted by molar-refractivity contribution is 0.112. The minimum atomic E-state index is -0.166. The Bertz CT molecular complexity index is 594. The quantitative estimate of drug-likeness (QED) is 0.795. The number of carbonyl (C=O) groups is 1. The Labute approximate surface area is 113 Å². The molecule has 100 valence electrons. The van der Waals surface area contributed by atoms with Crippen molar-refractivity contribution in [1.82, 2.24) is 9.78 Å². The van der Waals surface area contributed by atoms with Gasteiger partial charge in [-0.2, -0.15) is 5.10 Å². The molecule has 4 heteroatoms. The maximum atomic E-state index is 11.2. The van der Waals surface area contributed by atoms with Gasteiger partial charge in [0.2, 0.25) is 0 Å². The van der Waals surface area contributed by atoms with Crippen LogP contribution in [0.25, 0.3) is 5.69 Å². The lowest BCUT2D eigenvalue weighted by atomic mass is 9.90. The number of benzene rings is 1. The summed E-state index contributed by atoms with van der Waals surface area (Å²) in [4.78, 5) is 11.2. The standard InChI is InChI=1S/C15H18N2O2/c1-15(2,3)14-11(10-18)9-17(16-14)12-6-5-7-13(8-12)19-4/h5-10H,1-4H3. The Kier molecular flexibility index (Phi) is 3.42. The fourth-order valence-electron chi connectivity index (χ4n) is 1.94. The van der Waals surface area contributed by atoms with Gasteiger partial charge in [-0.3, -0.25) is 4.79 Å². The number of hydrogen-bond donors (Lipinski definition) is 0. The number of ether oxygens (including phenoxy) is 1. The van der Waals surface area contributed by atoms with E-state index in [0.29, 0.717) is 5.56 Å². The Morgan fingerprint density at radius 1 is 1.32 bits per heavy atom. The van der Waals surface area contributed by atoms with E-state index in [9.17, 15) is 4.79 Å². The smallest absolute Gasteiger partial charge is 0.153 e. The third kappa shape index (κ3) is 2.67. The van der Waals surface area contributed by atoms with Crippen LogP contribution in [0.5, 0.6) is 5.75 Å². The van der Waals surface area contributed by atoms with Gasteiger partial charge >= 0.3 is 0 Å². The third-order valence-electron chi connectivity index (χ3n) is 2.90. The highest BCUT2D eigenvalue weighted by Gasteiger charge is 2.22. The number of aldehydes is 1. The summed E-state index contributed by atoms with van der Waals surface area (Å²) in [7, 11) is 1.62. The molecule has 0 aliphatic carbocycles. The van der Waals surface area contributed by atoms with Crippen molar-refractivity contribution in [2.45, 2.75) is 26.2 Å². The lowest BCUT2D eigenvalue weighted by Crippen LogP contribution is -2.14. The third-order valence-corrected chi connectivity index (χ3v) is 2.90. The zero-order chi connectivity index (χ0) is 14.0. The molecular weight excluding hydrogens is 240 g/mol. The van der Waals surface area contributed by atoms with Gasteiger partial charge in [0.05, 0.1) is 24.1 Å². The molecule has 0 atom stereocenters. The molecule has 0 fully saturated rings. The van der Waals surface area contributed by atoms with Gasteiger partial charge in [-0.15, -0.1) is 0 Å². The van der Waals surface area contributed by atoms with Crippen LogP contribution >= 0.6 is 0 Å². The molecule has 0 radical (unpaired) electrons. The molecule has 2 aromatic rings. The van der Waals surface area contributed by atoms with Gasteiger partial charge in [-0.25, -0.2) is 4.68 Å². The zero-order valence-corrected chi connectivity index (χ0v) is 11.7. The average molecular weight is 258 g/mol. The highest BCUT2D eigenvalue weighted by Crippen LogP contribution is 2.25. The number of methoxy groups -OCH3 is 1. The normalized spacial score (nSPS) is 11.4. The lowest BCUT2D eigenvalue weighted by Gasteiger charge is -2.15. The van der Waals surface area contributed by atoms with Crippen LogP contribution in [0, 0.1) is 0 Å². The van der Waals surface area contributed by atoms with E-state index >= 15 is 0 Å². The summed E-state index contributed by atoms with van der Waals surface area (Å²) >= 11 is 0. The first kappa shape index (κ1) is 13.3. The molecule has 1 aromatic heterocycles. The molecule has 0 saturated carbocycles. The van der Waals surface area contributed by atoms with Crippen LogP contribution in [-0.2, 0) is 5.41 Å². The van der Waals surface area contributed by atoms with Crippen LogP contribution in [0.15, 0.2) is 30.5 Å². The van der Waals surface area contributed by atoms with Gasteiger partial charge in [0.25, 0.3) is 0 Å². The summed E-state index contributed by atoms with van der Waals surface area (Å²) in [5.74, 6) is 0.762. The molecule has 0 aliphatic rings. The van der Waals surface area contributed by atoms with Gasteiger partial charge < -0.3 is 4.74 Å². The molecule has 1 heterocycles. The first-order valence-corrected chi connectivity index (χ1v) is 6.15. The second-order valence-electron chi connectivity index (χ2n) is 5.45. The van der Waals surface area contributed by atoms with E-state index < -0.39 is 0 Å². The van der Waals surface area contributed by atoms with E-state index in [4.69, 9.17) is 4.74 Å². The first-order chi connectivity index (χ1) is 8.95. The average Bonchev–Trinajstić information content (AvgIpc) is 2.83. The Morgan fingerprint density at radius 3 is 2.58 bits per heavy atom. The van der Waals surface area contributed by atoms with Crippen molar-refractivity contribution in [3.63, 3.8) is 0 Å². The van der Waals surface area contributed by atoms with Crippen molar-refractivity contribution in [3.8, 4) is 11.4 Å². The van der Waals surface area contributed by atoms with Gasteiger partial charge in [0, 0.05) is 17.7 Å². The van der Waals surface area contributed by atoms with E-state index in [2.05, 4.69) is 5.10 Å². The summed E-state index contributed by atoms with van der Waals surface area (Å²) in [6.07, 6.45) is 2.60. The van der Waals surface area contributed by atoms with E-state index in [1.807, 2.05) is 45.0 Å². The summed E-state index contributed by atoms with van der Waals surface area (Å²) in [6.45, 7) is 6.12. The molecular formula is C15H18N2O2. The van der Waals surface area contributed by atoms with Crippen molar-refractivity contribution < 1.29 is 9.53 Å². The summed E-state index contributed by atoms with van der Waals surface area (Å²) in [5.41, 5.74) is 2.12. The van der Waals surface area contributed by atoms with Crippen LogP contribution in [0.2, 0.25) is 0 Å². The molecule has 2 rings (SSSR count). The second-order valence-corrected chi connectivity index (χ2v) is 5.45. The monoisotopic (exact) mass is 258 g/mol. The molecule has 1 aromatic carbocycles. The first-order valence-electron chi connectivity index (χ1n) is 6.15. The molecule has 0 aliphatic heterocycles. The number of nitrogens with zero attached hydrogens (tertiary/aromatic N) is 2. The van der Waals surface area contributed by atoms with E-state index in [1.165, 1.54) is 0 Å². The fraction of sp³-hybridized carbons (Fsp3) is 0.333. The van der Waals surface area contributed by atoms with E-state index in [1.54, 1.807) is 18.0 Å². The Morgan fingerprint density at radius 2 is 2.05 bits per heavy atom. The highest BCUT2D eigenvalue weighted by molar-refractivity contribution is 5.77. The topological polar surface area (TPSA) is 44.1 Å². The molecule has 0 spiro atoms. The van der Waals surface area contributed by atoms with Gasteiger partial charge in [-0.05, 0) is 12.1 Å². The maximum Gasteiger partial charge on any atom is 0.153 e. The molecule has 0 bridgehead atoms. The van der Waals surface area contributed by atoms with Crippen molar-refractivity contribution in [2.75, 3.05) is 7.11 Å². The van der Waals surface area contributed by atoms with Crippen LogP contribution in [-0.4, -0.2) is 23.2 Å². The number of aromatic nitrogens is 2. The zero-order valence-electron chi connectivity index (χ0n) is 11.7. The van der Waals surface area contributed by atoms with Gasteiger partial charge in [0.15, 0.2) is 6.29 Å². The van der Waals surface area contributed by atoms with Gasteiger partial charge in [0.1, 0.15) is 5.75 Å². The maximum absolute atomic E-state index is 11.2.